The number of ketones is 2. The predicted octanol–water partition coefficient (Wildman–Crippen LogP) is 3.34. The molecule has 30 heavy (non-hydrogen) atoms. The van der Waals surface area contributed by atoms with Crippen LogP contribution >= 0.6 is 0 Å². The van der Waals surface area contributed by atoms with E-state index in [-0.39, 0.29) is 23.5 Å². The monoisotopic (exact) mass is 415 g/mol. The molecule has 2 N–H and O–H groups in total. The second-order valence-corrected chi connectivity index (χ2v) is 9.73. The van der Waals surface area contributed by atoms with Crippen LogP contribution in [0, 0.1) is 28.6 Å². The molecule has 0 saturated heterocycles. The molecule has 0 unspecified atom stereocenters. The average Bonchev–Trinajstić information content (AvgIpc) is 2.87. The Balaban J connectivity index is 1.99. The van der Waals surface area contributed by atoms with Gasteiger partial charge in [-0.25, -0.2) is 4.39 Å². The minimum Gasteiger partial charge on any atom is -0.390 e. The molecule has 0 spiro atoms. The fraction of sp³-hybridized carbons (Fsp3) is 0.636. The van der Waals surface area contributed by atoms with Gasteiger partial charge in [-0.3, -0.25) is 9.59 Å². The van der Waals surface area contributed by atoms with E-state index in [1.54, 1.807) is 20.8 Å². The molecule has 4 aliphatic rings. The van der Waals surface area contributed by atoms with Crippen LogP contribution in [-0.4, -0.2) is 39.2 Å². The zero-order valence-electron chi connectivity index (χ0n) is 17.5. The summed E-state index contributed by atoms with van der Waals surface area (Å²) in [7, 11) is 0. The fourth-order valence-electron chi connectivity index (χ4n) is 7.00. The maximum atomic E-state index is 17.1. The van der Waals surface area contributed by atoms with Crippen LogP contribution in [-0.2, 0) is 9.59 Å². The number of carbonyl (C=O) groups is 2. The van der Waals surface area contributed by atoms with Crippen molar-refractivity contribution in [2.24, 2.45) is 33.7 Å². The number of hydrogen-bond acceptors (Lipinski definition) is 5. The Bertz CT molecular complexity index is 998. The smallest absolute Gasteiger partial charge is 0.178 e. The van der Waals surface area contributed by atoms with Gasteiger partial charge in [-0.2, -0.15) is 0 Å². The molecule has 0 aromatic carbocycles. The van der Waals surface area contributed by atoms with Crippen molar-refractivity contribution in [3.8, 4) is 0 Å². The molecule has 0 amide bonds. The molecule has 0 aromatic rings. The SMILES string of the molecule is CC(=O)[C@@]1(O)[C@H](C)C[C@H]2[C@@H]3C=C(N=[N+]=[N-])C4=CC(=O)C=C[C@]4(C)[C@@]3(F)[C@@H](O)C[C@@]21C. The lowest BCUT2D eigenvalue weighted by atomic mass is 9.46. The zero-order chi connectivity index (χ0) is 22.3. The lowest BCUT2D eigenvalue weighted by Crippen LogP contribution is -2.68. The van der Waals surface area contributed by atoms with Crippen molar-refractivity contribution in [1.82, 2.24) is 0 Å². The number of aliphatic hydroxyl groups excluding tert-OH is 1. The minimum atomic E-state index is -2.20. The number of azide groups is 1. The summed E-state index contributed by atoms with van der Waals surface area (Å²) < 4.78 is 17.1. The topological polar surface area (TPSA) is 123 Å². The van der Waals surface area contributed by atoms with Crippen LogP contribution in [0.2, 0.25) is 0 Å². The summed E-state index contributed by atoms with van der Waals surface area (Å²) in [5.74, 6) is -2.56. The molecule has 0 bridgehead atoms. The summed E-state index contributed by atoms with van der Waals surface area (Å²) in [6.45, 7) is 6.43. The first kappa shape index (κ1) is 21.0. The van der Waals surface area contributed by atoms with E-state index in [1.165, 1.54) is 31.2 Å². The Labute approximate surface area is 174 Å². The summed E-state index contributed by atoms with van der Waals surface area (Å²) in [5, 5.41) is 26.3. The number of aliphatic hydroxyl groups is 2. The average molecular weight is 415 g/mol. The van der Waals surface area contributed by atoms with Crippen molar-refractivity contribution in [2.75, 3.05) is 0 Å². The van der Waals surface area contributed by atoms with E-state index < -0.39 is 51.7 Å². The third-order valence-electron chi connectivity index (χ3n) is 8.56. The van der Waals surface area contributed by atoms with Gasteiger partial charge in [0.1, 0.15) is 5.60 Å². The van der Waals surface area contributed by atoms with Crippen molar-refractivity contribution >= 4 is 11.6 Å². The van der Waals surface area contributed by atoms with E-state index in [4.69, 9.17) is 5.53 Å². The van der Waals surface area contributed by atoms with E-state index >= 15 is 4.39 Å². The van der Waals surface area contributed by atoms with E-state index in [0.29, 0.717) is 6.42 Å². The molecule has 2 saturated carbocycles. The molecule has 0 heterocycles. The van der Waals surface area contributed by atoms with Gasteiger partial charge in [0, 0.05) is 27.4 Å². The van der Waals surface area contributed by atoms with Gasteiger partial charge in [0.05, 0.1) is 6.10 Å². The number of Topliss-reactive ketones (excluding diaryl/α,β-unsaturated/α-hetero) is 1. The van der Waals surface area contributed by atoms with Crippen molar-refractivity contribution in [1.29, 1.82) is 0 Å². The van der Waals surface area contributed by atoms with Crippen molar-refractivity contribution in [2.45, 2.75) is 57.9 Å². The highest BCUT2D eigenvalue weighted by Crippen LogP contribution is 2.70. The third-order valence-corrected chi connectivity index (χ3v) is 8.56. The first-order valence-electron chi connectivity index (χ1n) is 10.2. The van der Waals surface area contributed by atoms with Crippen molar-refractivity contribution in [3.63, 3.8) is 0 Å². The van der Waals surface area contributed by atoms with Gasteiger partial charge in [-0.15, -0.1) is 0 Å². The lowest BCUT2D eigenvalue weighted by molar-refractivity contribution is -0.203. The molecule has 160 valence electrons. The van der Waals surface area contributed by atoms with Gasteiger partial charge >= 0.3 is 0 Å². The third kappa shape index (κ3) is 2.14. The zero-order valence-corrected chi connectivity index (χ0v) is 17.5. The van der Waals surface area contributed by atoms with Gasteiger partial charge in [0.25, 0.3) is 0 Å². The second kappa shape index (κ2) is 6.13. The van der Waals surface area contributed by atoms with E-state index in [9.17, 15) is 19.8 Å². The predicted molar refractivity (Wildman–Crippen MR) is 107 cm³/mol. The molecule has 8 atom stereocenters. The van der Waals surface area contributed by atoms with Gasteiger partial charge in [0.15, 0.2) is 17.2 Å². The summed E-state index contributed by atoms with van der Waals surface area (Å²) in [6, 6.07) is 0. The Morgan fingerprint density at radius 3 is 2.67 bits per heavy atom. The van der Waals surface area contributed by atoms with Crippen LogP contribution in [0.3, 0.4) is 0 Å². The number of allylic oxidation sites excluding steroid dienone is 5. The number of alkyl halides is 1. The number of nitrogens with zero attached hydrogens (tertiary/aromatic N) is 3. The molecule has 0 radical (unpaired) electrons. The first-order valence-corrected chi connectivity index (χ1v) is 10.2. The van der Waals surface area contributed by atoms with Crippen molar-refractivity contribution in [3.05, 3.63) is 46.0 Å². The van der Waals surface area contributed by atoms with E-state index in [1.807, 2.05) is 0 Å². The minimum absolute atomic E-state index is 0.0968. The summed E-state index contributed by atoms with van der Waals surface area (Å²) >= 11 is 0. The maximum Gasteiger partial charge on any atom is 0.178 e. The van der Waals surface area contributed by atoms with Gasteiger partial charge < -0.3 is 10.2 Å². The molecule has 0 aliphatic heterocycles. The normalized spacial score (nSPS) is 49.2. The number of rotatable bonds is 2. The van der Waals surface area contributed by atoms with Gasteiger partial charge in [0.2, 0.25) is 0 Å². The molecule has 4 rings (SSSR count). The van der Waals surface area contributed by atoms with Crippen LogP contribution in [0.5, 0.6) is 0 Å². The Morgan fingerprint density at radius 2 is 2.07 bits per heavy atom. The molecular formula is C22H26FN3O4. The molecule has 0 aromatic heterocycles. The van der Waals surface area contributed by atoms with Crippen LogP contribution in [0.4, 0.5) is 4.39 Å². The van der Waals surface area contributed by atoms with Crippen molar-refractivity contribution < 1.29 is 24.2 Å². The summed E-state index contributed by atoms with van der Waals surface area (Å²) in [6.07, 6.45) is 4.23. The molecule has 2 fully saturated rings. The lowest BCUT2D eigenvalue weighted by Gasteiger charge is -2.61. The summed E-state index contributed by atoms with van der Waals surface area (Å²) in [5.41, 5.74) is 3.11. The summed E-state index contributed by atoms with van der Waals surface area (Å²) in [4.78, 5) is 27.4. The van der Waals surface area contributed by atoms with E-state index in [0.717, 1.165) is 0 Å². The molecular weight excluding hydrogens is 389 g/mol. The number of carbonyl (C=O) groups excluding carboxylic acids is 2. The number of hydrogen-bond donors (Lipinski definition) is 2. The number of halogens is 1. The highest BCUT2D eigenvalue weighted by atomic mass is 19.1. The number of fused-ring (bicyclic) bond motifs is 5. The van der Waals surface area contributed by atoms with Crippen LogP contribution < -0.4 is 0 Å². The molecule has 7 nitrogen and oxygen atoms in total. The van der Waals surface area contributed by atoms with Gasteiger partial charge in [-0.05, 0) is 61.8 Å². The maximum absolute atomic E-state index is 17.1. The molecule has 4 aliphatic carbocycles. The highest BCUT2D eigenvalue weighted by Gasteiger charge is 2.75. The highest BCUT2D eigenvalue weighted by molar-refractivity contribution is 6.02. The van der Waals surface area contributed by atoms with Crippen LogP contribution in [0.15, 0.2) is 40.7 Å². The standard InChI is InChI=1S/C22H26FN3O4/c1-11-7-14-15-9-17(25-26-24)16-8-13(28)5-6-19(16,3)21(15,23)18(29)10-20(14,4)22(11,30)12(2)27/h5-6,8-9,11,14-15,18,29-30H,7,10H2,1-4H3/t11-,14+,15+,18+,19+,20+,21+,22+/m1/s1. The van der Waals surface area contributed by atoms with Crippen LogP contribution in [0.1, 0.15) is 40.5 Å². The Morgan fingerprint density at radius 1 is 1.40 bits per heavy atom. The quantitative estimate of drug-likeness (QED) is 0.408. The second-order valence-electron chi connectivity index (χ2n) is 9.73. The Kier molecular flexibility index (Phi) is 4.28. The first-order chi connectivity index (χ1) is 13.9. The van der Waals surface area contributed by atoms with E-state index in [2.05, 4.69) is 10.0 Å². The molecule has 8 heteroatoms. The van der Waals surface area contributed by atoms with Crippen LogP contribution in [0.25, 0.3) is 10.4 Å². The van der Waals surface area contributed by atoms with Gasteiger partial charge in [-0.1, -0.05) is 31.1 Å². The fourth-order valence-corrected chi connectivity index (χ4v) is 7.00. The largest absolute Gasteiger partial charge is 0.390 e. The Hall–Kier alpha value is -2.28.